The summed E-state index contributed by atoms with van der Waals surface area (Å²) in [5, 5.41) is 0. The Labute approximate surface area is 81.8 Å². The molecule has 1 aromatic rings. The van der Waals surface area contributed by atoms with Gasteiger partial charge in [0.2, 0.25) is 0 Å². The minimum Gasteiger partial charge on any atom is -0.261 e. The molecular formula is C11H11F2N. The van der Waals surface area contributed by atoms with Gasteiger partial charge in [-0.3, -0.25) is 4.98 Å². The molecule has 0 radical (unpaired) electrons. The fourth-order valence-electron chi connectivity index (χ4n) is 1.04. The normalized spacial score (nSPS) is 11.9. The Kier molecular flexibility index (Phi) is 3.51. The second-order valence-corrected chi connectivity index (χ2v) is 2.83. The van der Waals surface area contributed by atoms with E-state index in [4.69, 9.17) is 0 Å². The lowest BCUT2D eigenvalue weighted by Crippen LogP contribution is -1.94. The lowest BCUT2D eigenvalue weighted by Gasteiger charge is -2.02. The third-order valence-corrected chi connectivity index (χ3v) is 1.86. The van der Waals surface area contributed by atoms with Crippen molar-refractivity contribution < 1.29 is 8.78 Å². The van der Waals surface area contributed by atoms with Crippen LogP contribution in [0, 0.1) is 6.92 Å². The summed E-state index contributed by atoms with van der Waals surface area (Å²) >= 11 is 0. The SMILES string of the molecule is C=C/C(=C\c1cccnc1C)C(F)F. The molecule has 0 aliphatic carbocycles. The molecule has 0 aliphatic heterocycles. The molecule has 0 spiro atoms. The summed E-state index contributed by atoms with van der Waals surface area (Å²) < 4.78 is 24.7. The van der Waals surface area contributed by atoms with E-state index in [1.54, 1.807) is 25.3 Å². The van der Waals surface area contributed by atoms with Crippen molar-refractivity contribution in [3.63, 3.8) is 0 Å². The van der Waals surface area contributed by atoms with Gasteiger partial charge in [-0.2, -0.15) is 0 Å². The smallest absolute Gasteiger partial charge is 0.261 e. The number of hydrogen-bond acceptors (Lipinski definition) is 1. The van der Waals surface area contributed by atoms with Crippen molar-refractivity contribution in [1.29, 1.82) is 0 Å². The Bertz CT molecular complexity index is 356. The number of aromatic nitrogens is 1. The highest BCUT2D eigenvalue weighted by Crippen LogP contribution is 2.15. The van der Waals surface area contributed by atoms with Gasteiger partial charge in [-0.25, -0.2) is 8.78 Å². The van der Waals surface area contributed by atoms with E-state index in [0.29, 0.717) is 5.56 Å². The van der Waals surface area contributed by atoms with Crippen LogP contribution in [0.1, 0.15) is 11.3 Å². The van der Waals surface area contributed by atoms with Crippen LogP contribution < -0.4 is 0 Å². The van der Waals surface area contributed by atoms with Crippen molar-refractivity contribution in [2.24, 2.45) is 0 Å². The summed E-state index contributed by atoms with van der Waals surface area (Å²) in [6, 6.07) is 3.46. The topological polar surface area (TPSA) is 12.9 Å². The Balaban J connectivity index is 3.06. The zero-order valence-electron chi connectivity index (χ0n) is 7.87. The van der Waals surface area contributed by atoms with Crippen molar-refractivity contribution in [2.45, 2.75) is 13.3 Å². The van der Waals surface area contributed by atoms with E-state index < -0.39 is 6.43 Å². The Morgan fingerprint density at radius 1 is 1.57 bits per heavy atom. The number of pyridine rings is 1. The van der Waals surface area contributed by atoms with Crippen LogP contribution in [-0.4, -0.2) is 11.4 Å². The van der Waals surface area contributed by atoms with Crippen molar-refractivity contribution in [3.8, 4) is 0 Å². The maximum atomic E-state index is 12.4. The standard InChI is InChI=1S/C11H11F2N/c1-3-9(11(12)13)7-10-5-4-6-14-8(10)2/h3-7,11H,1H2,2H3/b9-7+. The van der Waals surface area contributed by atoms with Crippen molar-refractivity contribution in [1.82, 2.24) is 4.98 Å². The molecule has 0 N–H and O–H groups in total. The average Bonchev–Trinajstić information content (AvgIpc) is 2.16. The van der Waals surface area contributed by atoms with Gasteiger partial charge in [0.25, 0.3) is 6.43 Å². The molecule has 3 heteroatoms. The number of rotatable bonds is 3. The molecule has 0 amide bonds. The van der Waals surface area contributed by atoms with E-state index in [-0.39, 0.29) is 5.57 Å². The Morgan fingerprint density at radius 3 is 2.79 bits per heavy atom. The van der Waals surface area contributed by atoms with Gasteiger partial charge in [0.1, 0.15) is 0 Å². The third kappa shape index (κ3) is 2.49. The Hall–Kier alpha value is -1.51. The summed E-state index contributed by atoms with van der Waals surface area (Å²) in [5.74, 6) is 0. The maximum absolute atomic E-state index is 12.4. The molecule has 1 nitrogen and oxygen atoms in total. The molecule has 0 fully saturated rings. The zero-order valence-corrected chi connectivity index (χ0v) is 7.87. The molecule has 74 valence electrons. The largest absolute Gasteiger partial charge is 0.263 e. The van der Waals surface area contributed by atoms with Crippen LogP contribution in [0.25, 0.3) is 6.08 Å². The van der Waals surface area contributed by atoms with Crippen LogP contribution in [0.5, 0.6) is 0 Å². The van der Waals surface area contributed by atoms with E-state index in [1.165, 1.54) is 6.08 Å². The van der Waals surface area contributed by atoms with Gasteiger partial charge < -0.3 is 0 Å². The third-order valence-electron chi connectivity index (χ3n) is 1.86. The predicted molar refractivity (Wildman–Crippen MR) is 53.2 cm³/mol. The lowest BCUT2D eigenvalue weighted by molar-refractivity contribution is 0.195. The molecule has 0 aromatic carbocycles. The van der Waals surface area contributed by atoms with Crippen LogP contribution in [0.4, 0.5) is 8.78 Å². The summed E-state index contributed by atoms with van der Waals surface area (Å²) in [7, 11) is 0. The van der Waals surface area contributed by atoms with Crippen molar-refractivity contribution >= 4 is 6.08 Å². The zero-order chi connectivity index (χ0) is 10.6. The molecular weight excluding hydrogens is 184 g/mol. The number of alkyl halides is 2. The fraction of sp³-hybridized carbons (Fsp3) is 0.182. The van der Waals surface area contributed by atoms with Gasteiger partial charge >= 0.3 is 0 Å². The molecule has 0 saturated carbocycles. The average molecular weight is 195 g/mol. The first-order valence-electron chi connectivity index (χ1n) is 4.19. The van der Waals surface area contributed by atoms with E-state index in [9.17, 15) is 8.78 Å². The molecule has 0 bridgehead atoms. The van der Waals surface area contributed by atoms with Crippen LogP contribution in [-0.2, 0) is 0 Å². The molecule has 1 aromatic heterocycles. The fourth-order valence-corrected chi connectivity index (χ4v) is 1.04. The van der Waals surface area contributed by atoms with Gasteiger partial charge in [0, 0.05) is 17.5 Å². The predicted octanol–water partition coefficient (Wildman–Crippen LogP) is 3.22. The highest BCUT2D eigenvalue weighted by molar-refractivity contribution is 5.57. The number of allylic oxidation sites excluding steroid dienone is 2. The minimum atomic E-state index is -2.49. The number of nitrogens with zero attached hydrogens (tertiary/aromatic N) is 1. The quantitative estimate of drug-likeness (QED) is 0.675. The van der Waals surface area contributed by atoms with Gasteiger partial charge in [0.05, 0.1) is 0 Å². The van der Waals surface area contributed by atoms with E-state index in [0.717, 1.165) is 11.8 Å². The van der Waals surface area contributed by atoms with Crippen LogP contribution >= 0.6 is 0 Å². The molecule has 1 heterocycles. The monoisotopic (exact) mass is 195 g/mol. The summed E-state index contributed by atoms with van der Waals surface area (Å²) in [6.45, 7) is 5.12. The van der Waals surface area contributed by atoms with E-state index in [1.807, 2.05) is 0 Å². The first-order chi connectivity index (χ1) is 6.65. The number of aryl methyl sites for hydroxylation is 1. The highest BCUT2D eigenvalue weighted by Gasteiger charge is 2.07. The van der Waals surface area contributed by atoms with Crippen molar-refractivity contribution in [3.05, 3.63) is 47.8 Å². The lowest BCUT2D eigenvalue weighted by atomic mass is 10.1. The van der Waals surface area contributed by atoms with E-state index in [2.05, 4.69) is 11.6 Å². The maximum Gasteiger partial charge on any atom is 0.263 e. The van der Waals surface area contributed by atoms with Gasteiger partial charge in [-0.1, -0.05) is 18.7 Å². The summed E-state index contributed by atoms with van der Waals surface area (Å²) in [5.41, 5.74) is 1.34. The molecule has 0 aliphatic rings. The van der Waals surface area contributed by atoms with Crippen molar-refractivity contribution in [2.75, 3.05) is 0 Å². The highest BCUT2D eigenvalue weighted by atomic mass is 19.3. The van der Waals surface area contributed by atoms with E-state index >= 15 is 0 Å². The van der Waals surface area contributed by atoms with Crippen LogP contribution in [0.2, 0.25) is 0 Å². The number of halogens is 2. The van der Waals surface area contributed by atoms with Gasteiger partial charge in [-0.05, 0) is 24.6 Å². The Morgan fingerprint density at radius 2 is 2.29 bits per heavy atom. The molecule has 0 saturated heterocycles. The first-order valence-corrected chi connectivity index (χ1v) is 4.19. The second kappa shape index (κ2) is 4.65. The second-order valence-electron chi connectivity index (χ2n) is 2.83. The molecule has 0 unspecified atom stereocenters. The molecule has 1 rings (SSSR count). The van der Waals surface area contributed by atoms with Crippen LogP contribution in [0.3, 0.4) is 0 Å². The van der Waals surface area contributed by atoms with Gasteiger partial charge in [-0.15, -0.1) is 0 Å². The summed E-state index contributed by atoms with van der Waals surface area (Å²) in [4.78, 5) is 4.00. The number of hydrogen-bond donors (Lipinski definition) is 0. The first kappa shape index (κ1) is 10.6. The molecule has 0 atom stereocenters. The van der Waals surface area contributed by atoms with Gasteiger partial charge in [0.15, 0.2) is 0 Å². The minimum absolute atomic E-state index is 0.0823. The molecule has 14 heavy (non-hydrogen) atoms. The van der Waals surface area contributed by atoms with Crippen LogP contribution in [0.15, 0.2) is 36.6 Å². The summed E-state index contributed by atoms with van der Waals surface area (Å²) in [6.07, 6.45) is 1.70.